The lowest BCUT2D eigenvalue weighted by Crippen LogP contribution is -2.56. The van der Waals surface area contributed by atoms with E-state index in [0.29, 0.717) is 0 Å². The highest BCUT2D eigenvalue weighted by Crippen LogP contribution is 2.23. The first-order valence-electron chi connectivity index (χ1n) is 11.5. The summed E-state index contributed by atoms with van der Waals surface area (Å²) in [6, 6.07) is -5.36. The molecule has 1 aliphatic rings. The summed E-state index contributed by atoms with van der Waals surface area (Å²) < 4.78 is 0. The van der Waals surface area contributed by atoms with Gasteiger partial charge in [-0.25, -0.2) is 4.79 Å². The number of nitrogens with zero attached hydrogens (tertiary/aromatic N) is 1. The molecular formula is C20H32N8O9S2. The smallest absolute Gasteiger partial charge is 0.327 e. The first-order chi connectivity index (χ1) is 18.3. The van der Waals surface area contributed by atoms with Gasteiger partial charge in [0.2, 0.25) is 29.5 Å². The summed E-state index contributed by atoms with van der Waals surface area (Å²) in [6.07, 6.45) is -0.536. The third-order valence-corrected chi connectivity index (χ3v) is 7.32. The van der Waals surface area contributed by atoms with Crippen LogP contribution >= 0.6 is 21.6 Å². The quantitative estimate of drug-likeness (QED) is 0.0564. The molecule has 0 aromatic carbocycles. The van der Waals surface area contributed by atoms with E-state index in [1.165, 1.54) is 6.92 Å². The zero-order chi connectivity index (χ0) is 29.5. The predicted molar refractivity (Wildman–Crippen MR) is 141 cm³/mol. The highest BCUT2D eigenvalue weighted by molar-refractivity contribution is 8.76. The molecule has 0 unspecified atom stereocenters. The fourth-order valence-corrected chi connectivity index (χ4v) is 5.39. The summed E-state index contributed by atoms with van der Waals surface area (Å²) in [4.78, 5) is 89.1. The van der Waals surface area contributed by atoms with Crippen molar-refractivity contribution in [2.24, 2.45) is 16.5 Å². The van der Waals surface area contributed by atoms with Crippen LogP contribution in [0.1, 0.15) is 26.2 Å². The summed E-state index contributed by atoms with van der Waals surface area (Å²) in [5.74, 6) is -7.24. The van der Waals surface area contributed by atoms with Gasteiger partial charge in [0.15, 0.2) is 5.96 Å². The van der Waals surface area contributed by atoms with Gasteiger partial charge in [-0.15, -0.1) is 0 Å². The van der Waals surface area contributed by atoms with Gasteiger partial charge >= 0.3 is 11.9 Å². The molecule has 1 saturated heterocycles. The first-order valence-corrected chi connectivity index (χ1v) is 14.0. The minimum atomic E-state index is -1.62. The molecule has 17 nitrogen and oxygen atoms in total. The molecule has 1 rings (SSSR count). The van der Waals surface area contributed by atoms with Crippen molar-refractivity contribution in [2.45, 2.75) is 50.4 Å². The summed E-state index contributed by atoms with van der Waals surface area (Å²) in [5.41, 5.74) is 10.6. The second kappa shape index (κ2) is 17.0. The Morgan fingerprint density at radius 2 is 1.64 bits per heavy atom. The molecule has 1 aliphatic heterocycles. The molecule has 1 fully saturated rings. The molecule has 39 heavy (non-hydrogen) atoms. The lowest BCUT2D eigenvalue weighted by molar-refractivity contribution is -0.143. The number of aliphatic imine (C=N–C) groups is 1. The maximum absolute atomic E-state index is 12.9. The van der Waals surface area contributed by atoms with Gasteiger partial charge in [0.1, 0.15) is 24.2 Å². The molecule has 0 bridgehead atoms. The number of carbonyl (C=O) groups is 7. The summed E-state index contributed by atoms with van der Waals surface area (Å²) >= 11 is 0. The Labute approximate surface area is 230 Å². The molecule has 0 radical (unpaired) electrons. The van der Waals surface area contributed by atoms with Crippen molar-refractivity contribution in [1.82, 2.24) is 26.6 Å². The molecule has 5 amide bonds. The third kappa shape index (κ3) is 13.6. The fourth-order valence-electron chi connectivity index (χ4n) is 3.07. The van der Waals surface area contributed by atoms with Crippen molar-refractivity contribution in [3.8, 4) is 0 Å². The maximum atomic E-state index is 12.9. The molecule has 11 N–H and O–H groups in total. The number of hydrogen-bond donors (Lipinski definition) is 9. The van der Waals surface area contributed by atoms with Crippen LogP contribution in [0.2, 0.25) is 0 Å². The number of rotatable bonds is 8. The Morgan fingerprint density at radius 1 is 0.974 bits per heavy atom. The van der Waals surface area contributed by atoms with E-state index in [9.17, 15) is 38.7 Å². The van der Waals surface area contributed by atoms with Gasteiger partial charge in [-0.3, -0.25) is 33.8 Å². The summed E-state index contributed by atoms with van der Waals surface area (Å²) in [6.45, 7) is 0.641. The topological polar surface area (TPSA) is 284 Å². The Morgan fingerprint density at radius 3 is 2.23 bits per heavy atom. The van der Waals surface area contributed by atoms with Gasteiger partial charge in [0, 0.05) is 25.0 Å². The highest BCUT2D eigenvalue weighted by atomic mass is 33.1. The van der Waals surface area contributed by atoms with Crippen molar-refractivity contribution in [2.75, 3.05) is 24.6 Å². The predicted octanol–water partition coefficient (Wildman–Crippen LogP) is -3.93. The van der Waals surface area contributed by atoms with Gasteiger partial charge in [0.25, 0.3) is 0 Å². The molecular weight excluding hydrogens is 560 g/mol. The summed E-state index contributed by atoms with van der Waals surface area (Å²) in [5, 5.41) is 30.2. The van der Waals surface area contributed by atoms with Gasteiger partial charge in [-0.05, 0) is 12.8 Å². The number of guanidine groups is 1. The number of hydrogen-bond acceptors (Lipinski definition) is 10. The molecule has 0 aromatic rings. The van der Waals surface area contributed by atoms with Crippen LogP contribution in [0.4, 0.5) is 0 Å². The highest BCUT2D eigenvalue weighted by Gasteiger charge is 2.30. The van der Waals surface area contributed by atoms with Crippen LogP contribution in [0.25, 0.3) is 0 Å². The number of carbonyl (C=O) groups excluding carboxylic acids is 5. The Balaban J connectivity index is 3.21. The van der Waals surface area contributed by atoms with Crippen LogP contribution < -0.4 is 38.1 Å². The zero-order valence-electron chi connectivity index (χ0n) is 20.9. The molecule has 1 heterocycles. The van der Waals surface area contributed by atoms with Gasteiger partial charge in [-0.1, -0.05) is 21.6 Å². The molecule has 19 heteroatoms. The van der Waals surface area contributed by atoms with E-state index in [0.717, 1.165) is 21.6 Å². The molecule has 0 aromatic heterocycles. The second-order valence-electron chi connectivity index (χ2n) is 8.17. The van der Waals surface area contributed by atoms with Crippen LogP contribution in [0.3, 0.4) is 0 Å². The van der Waals surface area contributed by atoms with Crippen LogP contribution in [0.5, 0.6) is 0 Å². The number of nitrogens with two attached hydrogens (primary N) is 2. The van der Waals surface area contributed by atoms with Gasteiger partial charge in [-0.2, -0.15) is 0 Å². The van der Waals surface area contributed by atoms with Crippen molar-refractivity contribution >= 4 is 69.0 Å². The van der Waals surface area contributed by atoms with Crippen LogP contribution in [-0.4, -0.2) is 106 Å². The Hall–Kier alpha value is -3.74. The van der Waals surface area contributed by atoms with E-state index in [1.807, 2.05) is 0 Å². The molecule has 0 spiro atoms. The minimum Gasteiger partial charge on any atom is -0.481 e. The largest absolute Gasteiger partial charge is 0.481 e. The third-order valence-electron chi connectivity index (χ3n) is 4.89. The normalized spacial score (nSPS) is 23.6. The van der Waals surface area contributed by atoms with Crippen LogP contribution in [-0.2, 0) is 33.6 Å². The second-order valence-corrected chi connectivity index (χ2v) is 10.7. The van der Waals surface area contributed by atoms with Crippen LogP contribution in [0, 0.1) is 0 Å². The summed E-state index contributed by atoms with van der Waals surface area (Å²) in [7, 11) is 1.99. The van der Waals surface area contributed by atoms with Gasteiger partial charge < -0.3 is 48.3 Å². The van der Waals surface area contributed by atoms with E-state index in [2.05, 4.69) is 31.6 Å². The van der Waals surface area contributed by atoms with Crippen molar-refractivity contribution < 1.29 is 43.8 Å². The Kier molecular flexibility index (Phi) is 14.5. The molecule has 218 valence electrons. The van der Waals surface area contributed by atoms with Crippen molar-refractivity contribution in [1.29, 1.82) is 0 Å². The van der Waals surface area contributed by atoms with Crippen molar-refractivity contribution in [3.63, 3.8) is 0 Å². The van der Waals surface area contributed by atoms with Crippen molar-refractivity contribution in [3.05, 3.63) is 0 Å². The fraction of sp³-hybridized carbons (Fsp3) is 0.600. The lowest BCUT2D eigenvalue weighted by atomic mass is 10.1. The average molecular weight is 593 g/mol. The monoisotopic (exact) mass is 592 g/mol. The maximum Gasteiger partial charge on any atom is 0.327 e. The molecule has 4 atom stereocenters. The first kappa shape index (κ1) is 33.3. The van der Waals surface area contributed by atoms with E-state index in [1.54, 1.807) is 0 Å². The number of carboxylic acid groups (broad SMARTS) is 2. The lowest BCUT2D eigenvalue weighted by Gasteiger charge is -2.22. The standard InChI is InChI=1S/C20H32N8O9S2/c1-9(29)25-12-7-38-39-8-13(19(36)37)28-17(34)11(5-15(31)32)26-14(30)6-24-16(33)10(27-18(12)35)3-2-4-23-20(21)22/h10-13H,2-8H2,1H3,(H,24,33)(H,25,29)(H,26,30)(H,27,35)(H,28,34)(H,31,32)(H,36,37)(H4,21,22,23)/t10-,11-,12-,13-/m0/s1. The average Bonchev–Trinajstić information content (AvgIpc) is 2.83. The van der Waals surface area contributed by atoms with E-state index < -0.39 is 78.6 Å². The minimum absolute atomic E-state index is 0.0274. The number of aliphatic carboxylic acids is 2. The number of nitrogens with one attached hydrogen (secondary N) is 5. The van der Waals surface area contributed by atoms with E-state index in [4.69, 9.17) is 16.6 Å². The van der Waals surface area contributed by atoms with Gasteiger partial charge in [0.05, 0.1) is 13.0 Å². The number of carboxylic acids is 2. The molecule has 0 saturated carbocycles. The number of amides is 5. The Bertz CT molecular complexity index is 977. The SMILES string of the molecule is CC(=O)N[C@H]1CSSC[C@@H](C(=O)O)NC(=O)[C@H](CC(=O)O)NC(=O)CNC(=O)[C@H](CCCN=C(N)N)NC1=O. The van der Waals surface area contributed by atoms with E-state index >= 15 is 0 Å². The van der Waals surface area contributed by atoms with E-state index in [-0.39, 0.29) is 36.9 Å². The zero-order valence-corrected chi connectivity index (χ0v) is 22.6. The van der Waals surface area contributed by atoms with Crippen LogP contribution in [0.15, 0.2) is 4.99 Å². The molecule has 0 aliphatic carbocycles.